The van der Waals surface area contributed by atoms with Crippen molar-refractivity contribution in [3.05, 3.63) is 35.9 Å². The zero-order valence-corrected chi connectivity index (χ0v) is 9.93. The van der Waals surface area contributed by atoms with E-state index in [2.05, 4.69) is 22.5 Å². The summed E-state index contributed by atoms with van der Waals surface area (Å²) in [4.78, 5) is 13.8. The molecule has 0 aliphatic carbocycles. The molecule has 3 N–H and O–H groups in total. The fraction of sp³-hybridized carbons (Fsp3) is 0.462. The highest BCUT2D eigenvalue weighted by molar-refractivity contribution is 5.78. The average molecular weight is 233 g/mol. The summed E-state index contributed by atoms with van der Waals surface area (Å²) in [7, 11) is 0. The SMILES string of the molecule is NNC(=O)[C@@H]1CCCN(Cc2ccccc2)C1. The molecule has 92 valence electrons. The van der Waals surface area contributed by atoms with E-state index >= 15 is 0 Å². The van der Waals surface area contributed by atoms with Crippen molar-refractivity contribution in [3.8, 4) is 0 Å². The lowest BCUT2D eigenvalue weighted by molar-refractivity contribution is -0.126. The standard InChI is InChI=1S/C13H19N3O/c14-15-13(17)12-7-4-8-16(10-12)9-11-5-2-1-3-6-11/h1-3,5-6,12H,4,7-10,14H2,(H,15,17)/t12-/m1/s1. The van der Waals surface area contributed by atoms with Gasteiger partial charge in [0.25, 0.3) is 0 Å². The third kappa shape index (κ3) is 3.28. The summed E-state index contributed by atoms with van der Waals surface area (Å²) in [6.07, 6.45) is 2.00. The van der Waals surface area contributed by atoms with Gasteiger partial charge in [-0.25, -0.2) is 5.84 Å². The molecule has 1 aliphatic heterocycles. The third-order valence-electron chi connectivity index (χ3n) is 3.27. The number of benzene rings is 1. The molecule has 0 aromatic heterocycles. The van der Waals surface area contributed by atoms with Gasteiger partial charge in [-0.15, -0.1) is 0 Å². The second kappa shape index (κ2) is 5.80. The predicted molar refractivity (Wildman–Crippen MR) is 66.8 cm³/mol. The van der Waals surface area contributed by atoms with Crippen LogP contribution in [0.3, 0.4) is 0 Å². The van der Waals surface area contributed by atoms with E-state index in [1.165, 1.54) is 5.56 Å². The Balaban J connectivity index is 1.92. The van der Waals surface area contributed by atoms with Gasteiger partial charge in [-0.1, -0.05) is 30.3 Å². The van der Waals surface area contributed by atoms with Gasteiger partial charge in [-0.2, -0.15) is 0 Å². The number of hydrogen-bond donors (Lipinski definition) is 2. The number of nitrogens with zero attached hydrogens (tertiary/aromatic N) is 1. The van der Waals surface area contributed by atoms with Crippen LogP contribution in [0.1, 0.15) is 18.4 Å². The predicted octanol–water partition coefficient (Wildman–Crippen LogP) is 0.888. The Morgan fingerprint density at radius 2 is 2.18 bits per heavy atom. The van der Waals surface area contributed by atoms with Gasteiger partial charge in [0.2, 0.25) is 5.91 Å². The van der Waals surface area contributed by atoms with Gasteiger partial charge in [0.1, 0.15) is 0 Å². The molecule has 4 heteroatoms. The number of nitrogens with one attached hydrogen (secondary N) is 1. The molecule has 0 spiro atoms. The normalized spacial score (nSPS) is 21.1. The summed E-state index contributed by atoms with van der Waals surface area (Å²) in [5.41, 5.74) is 3.55. The van der Waals surface area contributed by atoms with Crippen molar-refractivity contribution < 1.29 is 4.79 Å². The zero-order valence-electron chi connectivity index (χ0n) is 9.93. The number of rotatable bonds is 3. The molecule has 1 fully saturated rings. The molecule has 0 saturated carbocycles. The van der Waals surface area contributed by atoms with E-state index in [-0.39, 0.29) is 11.8 Å². The van der Waals surface area contributed by atoms with Gasteiger partial charge in [0.05, 0.1) is 5.92 Å². The minimum atomic E-state index is -0.0391. The van der Waals surface area contributed by atoms with E-state index in [1.807, 2.05) is 18.2 Å². The van der Waals surface area contributed by atoms with Gasteiger partial charge in [0.15, 0.2) is 0 Å². The van der Waals surface area contributed by atoms with Gasteiger partial charge in [-0.05, 0) is 24.9 Å². The number of piperidine rings is 1. The van der Waals surface area contributed by atoms with Crippen molar-refractivity contribution >= 4 is 5.91 Å². The minimum absolute atomic E-state index is 0.0391. The largest absolute Gasteiger partial charge is 0.298 e. The first kappa shape index (κ1) is 12.1. The van der Waals surface area contributed by atoms with E-state index in [4.69, 9.17) is 5.84 Å². The highest BCUT2D eigenvalue weighted by atomic mass is 16.2. The molecule has 2 rings (SSSR count). The van der Waals surface area contributed by atoms with Crippen molar-refractivity contribution in [2.75, 3.05) is 13.1 Å². The highest BCUT2D eigenvalue weighted by Crippen LogP contribution is 2.18. The van der Waals surface area contributed by atoms with Crippen LogP contribution in [0, 0.1) is 5.92 Å². The Labute approximate surface area is 102 Å². The van der Waals surface area contributed by atoms with Gasteiger partial charge >= 0.3 is 0 Å². The highest BCUT2D eigenvalue weighted by Gasteiger charge is 2.24. The molecule has 4 nitrogen and oxygen atoms in total. The molecule has 1 aliphatic rings. The molecule has 1 heterocycles. The van der Waals surface area contributed by atoms with Crippen LogP contribution in [-0.2, 0) is 11.3 Å². The van der Waals surface area contributed by atoms with E-state index in [0.717, 1.165) is 32.5 Å². The number of carbonyl (C=O) groups is 1. The van der Waals surface area contributed by atoms with Crippen LogP contribution >= 0.6 is 0 Å². The van der Waals surface area contributed by atoms with Crippen LogP contribution in [0.4, 0.5) is 0 Å². The molecule has 0 radical (unpaired) electrons. The molecular formula is C13H19N3O. The number of amides is 1. The zero-order chi connectivity index (χ0) is 12.1. The molecule has 1 aromatic rings. The van der Waals surface area contributed by atoms with Crippen LogP contribution in [0.5, 0.6) is 0 Å². The van der Waals surface area contributed by atoms with Gasteiger partial charge < -0.3 is 0 Å². The number of nitrogens with two attached hydrogens (primary N) is 1. The number of likely N-dealkylation sites (tertiary alicyclic amines) is 1. The van der Waals surface area contributed by atoms with Crippen molar-refractivity contribution in [1.82, 2.24) is 10.3 Å². The topological polar surface area (TPSA) is 58.4 Å². The van der Waals surface area contributed by atoms with Crippen LogP contribution in [-0.4, -0.2) is 23.9 Å². The lowest BCUT2D eigenvalue weighted by Gasteiger charge is -2.31. The van der Waals surface area contributed by atoms with Crippen molar-refractivity contribution in [2.24, 2.45) is 11.8 Å². The molecular weight excluding hydrogens is 214 g/mol. The van der Waals surface area contributed by atoms with Crippen LogP contribution in [0.15, 0.2) is 30.3 Å². The van der Waals surface area contributed by atoms with Crippen molar-refractivity contribution in [2.45, 2.75) is 19.4 Å². The molecule has 0 bridgehead atoms. The summed E-state index contributed by atoms with van der Waals surface area (Å²) in [6, 6.07) is 10.3. The fourth-order valence-electron chi connectivity index (χ4n) is 2.37. The van der Waals surface area contributed by atoms with E-state index in [0.29, 0.717) is 0 Å². The molecule has 1 aromatic carbocycles. The Morgan fingerprint density at radius 3 is 2.88 bits per heavy atom. The average Bonchev–Trinajstić information content (AvgIpc) is 2.39. The second-order valence-electron chi connectivity index (χ2n) is 4.57. The summed E-state index contributed by atoms with van der Waals surface area (Å²) >= 11 is 0. The first-order valence-electron chi connectivity index (χ1n) is 6.06. The maximum atomic E-state index is 11.5. The third-order valence-corrected chi connectivity index (χ3v) is 3.27. The smallest absolute Gasteiger partial charge is 0.238 e. The van der Waals surface area contributed by atoms with E-state index in [1.54, 1.807) is 0 Å². The Hall–Kier alpha value is -1.39. The Bertz CT molecular complexity index is 366. The van der Waals surface area contributed by atoms with E-state index < -0.39 is 0 Å². The first-order chi connectivity index (χ1) is 8.29. The summed E-state index contributed by atoms with van der Waals surface area (Å²) in [6.45, 7) is 2.77. The maximum absolute atomic E-state index is 11.5. The maximum Gasteiger partial charge on any atom is 0.238 e. The van der Waals surface area contributed by atoms with Gasteiger partial charge in [0, 0.05) is 13.1 Å². The fourth-order valence-corrected chi connectivity index (χ4v) is 2.37. The van der Waals surface area contributed by atoms with Crippen LogP contribution in [0.25, 0.3) is 0 Å². The molecule has 1 atom stereocenters. The number of hydrogen-bond acceptors (Lipinski definition) is 3. The molecule has 1 amide bonds. The first-order valence-corrected chi connectivity index (χ1v) is 6.06. The Kier molecular flexibility index (Phi) is 4.12. The van der Waals surface area contributed by atoms with Crippen LogP contribution in [0.2, 0.25) is 0 Å². The van der Waals surface area contributed by atoms with E-state index in [9.17, 15) is 4.79 Å². The summed E-state index contributed by atoms with van der Waals surface area (Å²) in [5.74, 6) is 5.18. The molecule has 17 heavy (non-hydrogen) atoms. The quantitative estimate of drug-likeness (QED) is 0.463. The minimum Gasteiger partial charge on any atom is -0.298 e. The van der Waals surface area contributed by atoms with Crippen molar-refractivity contribution in [3.63, 3.8) is 0 Å². The second-order valence-corrected chi connectivity index (χ2v) is 4.57. The van der Waals surface area contributed by atoms with Gasteiger partial charge in [-0.3, -0.25) is 15.1 Å². The number of carbonyl (C=O) groups excluding carboxylic acids is 1. The summed E-state index contributed by atoms with van der Waals surface area (Å²) in [5, 5.41) is 0. The monoisotopic (exact) mass is 233 g/mol. The molecule has 0 unspecified atom stereocenters. The van der Waals surface area contributed by atoms with Crippen molar-refractivity contribution in [1.29, 1.82) is 0 Å². The lowest BCUT2D eigenvalue weighted by Crippen LogP contribution is -2.44. The molecule has 1 saturated heterocycles. The van der Waals surface area contributed by atoms with Crippen LogP contribution < -0.4 is 11.3 Å². The lowest BCUT2D eigenvalue weighted by atomic mass is 9.97. The number of hydrazine groups is 1. The Morgan fingerprint density at radius 1 is 1.41 bits per heavy atom. The summed E-state index contributed by atoms with van der Waals surface area (Å²) < 4.78 is 0.